The maximum absolute atomic E-state index is 3.52. The first-order chi connectivity index (χ1) is 6.27. The molecule has 1 aromatic carbocycles. The molecule has 1 N–H and O–H groups in total. The van der Waals surface area contributed by atoms with E-state index in [0.717, 1.165) is 0 Å². The molecular weight excluding hydrogens is 273 g/mol. The Morgan fingerprint density at radius 3 is 2.92 bits per heavy atom. The summed E-state index contributed by atoms with van der Waals surface area (Å²) in [5.41, 5.74) is 2.83. The average Bonchev–Trinajstić information content (AvgIpc) is 2.62. The Kier molecular flexibility index (Phi) is 2.89. The summed E-state index contributed by atoms with van der Waals surface area (Å²) < 4.78 is 1.38. The Morgan fingerprint density at radius 2 is 2.31 bits per heavy atom. The fraction of sp³-hybridized carbons (Fsp3) is 0.455. The highest BCUT2D eigenvalue weighted by molar-refractivity contribution is 14.1. The lowest BCUT2D eigenvalue weighted by Crippen LogP contribution is -2.12. The molecule has 0 radical (unpaired) electrons. The minimum absolute atomic E-state index is 0.606. The van der Waals surface area contributed by atoms with Gasteiger partial charge in [-0.1, -0.05) is 12.1 Å². The van der Waals surface area contributed by atoms with Gasteiger partial charge in [0.25, 0.3) is 0 Å². The molecule has 1 fully saturated rings. The lowest BCUT2D eigenvalue weighted by molar-refractivity contribution is 0.647. The first-order valence-corrected chi connectivity index (χ1v) is 5.84. The largest absolute Gasteiger partial charge is 0.310 e. The lowest BCUT2D eigenvalue weighted by Gasteiger charge is -2.11. The molecule has 0 aliphatic carbocycles. The SMILES string of the molecule is Cc1ccc([C@@H]2CCCN2)cc1I. The van der Waals surface area contributed by atoms with Crippen LogP contribution in [0.2, 0.25) is 0 Å². The van der Waals surface area contributed by atoms with Crippen molar-refractivity contribution >= 4 is 22.6 Å². The van der Waals surface area contributed by atoms with Gasteiger partial charge in [0.1, 0.15) is 0 Å². The summed E-state index contributed by atoms with van der Waals surface area (Å²) in [5, 5.41) is 3.52. The van der Waals surface area contributed by atoms with Gasteiger partial charge in [0, 0.05) is 9.61 Å². The second-order valence-corrected chi connectivity index (χ2v) is 4.82. The monoisotopic (exact) mass is 287 g/mol. The van der Waals surface area contributed by atoms with E-state index in [0.29, 0.717) is 6.04 Å². The number of aryl methyl sites for hydroxylation is 1. The molecule has 1 atom stereocenters. The van der Waals surface area contributed by atoms with Gasteiger partial charge in [-0.05, 0) is 66.1 Å². The fourth-order valence-corrected chi connectivity index (χ4v) is 2.33. The van der Waals surface area contributed by atoms with Gasteiger partial charge in [-0.2, -0.15) is 0 Å². The summed E-state index contributed by atoms with van der Waals surface area (Å²) in [6.45, 7) is 3.34. The van der Waals surface area contributed by atoms with Crippen LogP contribution >= 0.6 is 22.6 Å². The van der Waals surface area contributed by atoms with E-state index in [2.05, 4.69) is 53.0 Å². The van der Waals surface area contributed by atoms with Crippen LogP contribution in [0.15, 0.2) is 18.2 Å². The second kappa shape index (κ2) is 3.96. The molecule has 1 aromatic rings. The maximum Gasteiger partial charge on any atom is 0.0321 e. The average molecular weight is 287 g/mol. The third-order valence-electron chi connectivity index (χ3n) is 2.66. The van der Waals surface area contributed by atoms with Gasteiger partial charge in [-0.25, -0.2) is 0 Å². The van der Waals surface area contributed by atoms with E-state index in [-0.39, 0.29) is 0 Å². The van der Waals surface area contributed by atoms with Crippen molar-refractivity contribution < 1.29 is 0 Å². The first kappa shape index (κ1) is 9.46. The van der Waals surface area contributed by atoms with Gasteiger partial charge in [0.2, 0.25) is 0 Å². The number of nitrogens with one attached hydrogen (secondary N) is 1. The van der Waals surface area contributed by atoms with Gasteiger partial charge in [0.05, 0.1) is 0 Å². The summed E-state index contributed by atoms with van der Waals surface area (Å²) in [7, 11) is 0. The number of hydrogen-bond acceptors (Lipinski definition) is 1. The van der Waals surface area contributed by atoms with Crippen molar-refractivity contribution in [2.24, 2.45) is 0 Å². The van der Waals surface area contributed by atoms with Gasteiger partial charge in [0.15, 0.2) is 0 Å². The van der Waals surface area contributed by atoms with E-state index in [9.17, 15) is 0 Å². The highest BCUT2D eigenvalue weighted by Crippen LogP contribution is 2.25. The molecule has 1 heterocycles. The number of halogens is 1. The molecule has 70 valence electrons. The molecule has 0 amide bonds. The quantitative estimate of drug-likeness (QED) is 0.783. The van der Waals surface area contributed by atoms with E-state index in [1.807, 2.05) is 0 Å². The number of hydrogen-bond donors (Lipinski definition) is 1. The first-order valence-electron chi connectivity index (χ1n) is 4.77. The summed E-state index contributed by atoms with van der Waals surface area (Å²) in [6.07, 6.45) is 2.61. The maximum atomic E-state index is 3.52. The zero-order valence-electron chi connectivity index (χ0n) is 7.81. The smallest absolute Gasteiger partial charge is 0.0321 e. The molecular formula is C11H14IN. The van der Waals surface area contributed by atoms with Crippen molar-refractivity contribution in [1.82, 2.24) is 5.32 Å². The molecule has 1 nitrogen and oxygen atoms in total. The van der Waals surface area contributed by atoms with E-state index >= 15 is 0 Å². The normalized spacial score (nSPS) is 22.2. The molecule has 2 rings (SSSR count). The lowest BCUT2D eigenvalue weighted by atomic mass is 10.0. The van der Waals surface area contributed by atoms with Crippen LogP contribution in [0, 0.1) is 10.5 Å². The van der Waals surface area contributed by atoms with Crippen molar-refractivity contribution in [2.45, 2.75) is 25.8 Å². The summed E-state index contributed by atoms with van der Waals surface area (Å²) in [4.78, 5) is 0. The van der Waals surface area contributed by atoms with Crippen molar-refractivity contribution in [3.63, 3.8) is 0 Å². The summed E-state index contributed by atoms with van der Waals surface area (Å²) in [5.74, 6) is 0. The number of benzene rings is 1. The Hall–Kier alpha value is -0.0900. The highest BCUT2D eigenvalue weighted by atomic mass is 127. The summed E-state index contributed by atoms with van der Waals surface area (Å²) >= 11 is 2.41. The Labute approximate surface area is 93.1 Å². The molecule has 2 heteroatoms. The van der Waals surface area contributed by atoms with Crippen molar-refractivity contribution in [3.8, 4) is 0 Å². The third kappa shape index (κ3) is 2.05. The standard InChI is InChI=1S/C11H14IN/c1-8-4-5-9(7-10(8)12)11-3-2-6-13-11/h4-5,7,11,13H,2-3,6H2,1H3/t11-/m0/s1. The second-order valence-electron chi connectivity index (χ2n) is 3.66. The van der Waals surface area contributed by atoms with Gasteiger partial charge in [-0.15, -0.1) is 0 Å². The molecule has 0 aromatic heterocycles. The highest BCUT2D eigenvalue weighted by Gasteiger charge is 2.15. The van der Waals surface area contributed by atoms with Crippen LogP contribution in [-0.4, -0.2) is 6.54 Å². The van der Waals surface area contributed by atoms with Crippen LogP contribution in [0.4, 0.5) is 0 Å². The van der Waals surface area contributed by atoms with Crippen LogP contribution in [0.25, 0.3) is 0 Å². The third-order valence-corrected chi connectivity index (χ3v) is 3.82. The van der Waals surface area contributed by atoms with Crippen LogP contribution in [0.5, 0.6) is 0 Å². The molecule has 0 saturated carbocycles. The number of rotatable bonds is 1. The molecule has 1 saturated heterocycles. The van der Waals surface area contributed by atoms with Crippen molar-refractivity contribution in [3.05, 3.63) is 32.9 Å². The van der Waals surface area contributed by atoms with Crippen LogP contribution in [0.3, 0.4) is 0 Å². The van der Waals surface area contributed by atoms with E-state index < -0.39 is 0 Å². The van der Waals surface area contributed by atoms with Gasteiger partial charge < -0.3 is 5.32 Å². The van der Waals surface area contributed by atoms with Gasteiger partial charge >= 0.3 is 0 Å². The molecule has 0 spiro atoms. The van der Waals surface area contributed by atoms with Crippen LogP contribution < -0.4 is 5.32 Å². The predicted octanol–water partition coefficient (Wildman–Crippen LogP) is 3.02. The zero-order chi connectivity index (χ0) is 9.26. The Morgan fingerprint density at radius 1 is 1.46 bits per heavy atom. The predicted molar refractivity (Wildman–Crippen MR) is 63.9 cm³/mol. The summed E-state index contributed by atoms with van der Waals surface area (Å²) in [6, 6.07) is 7.38. The van der Waals surface area contributed by atoms with E-state index in [1.54, 1.807) is 0 Å². The van der Waals surface area contributed by atoms with Crippen molar-refractivity contribution in [2.75, 3.05) is 6.54 Å². The van der Waals surface area contributed by atoms with Crippen LogP contribution in [-0.2, 0) is 0 Å². The Balaban J connectivity index is 2.25. The van der Waals surface area contributed by atoms with E-state index in [4.69, 9.17) is 0 Å². The zero-order valence-corrected chi connectivity index (χ0v) is 9.97. The fourth-order valence-electron chi connectivity index (χ4n) is 1.79. The minimum atomic E-state index is 0.606. The molecule has 1 aliphatic heterocycles. The van der Waals surface area contributed by atoms with Crippen molar-refractivity contribution in [1.29, 1.82) is 0 Å². The topological polar surface area (TPSA) is 12.0 Å². The van der Waals surface area contributed by atoms with Gasteiger partial charge in [-0.3, -0.25) is 0 Å². The molecule has 0 unspecified atom stereocenters. The molecule has 1 aliphatic rings. The Bertz CT molecular complexity index is 303. The minimum Gasteiger partial charge on any atom is -0.310 e. The van der Waals surface area contributed by atoms with Crippen LogP contribution in [0.1, 0.15) is 30.0 Å². The molecule has 13 heavy (non-hydrogen) atoms. The molecule has 0 bridgehead atoms. The van der Waals surface area contributed by atoms with E-state index in [1.165, 1.54) is 34.1 Å².